The topological polar surface area (TPSA) is 66.5 Å². The minimum Gasteiger partial charge on any atom is -0.326 e. The number of nitrogens with zero attached hydrogens (tertiary/aromatic N) is 1. The first kappa shape index (κ1) is 17.4. The van der Waals surface area contributed by atoms with E-state index < -0.39 is 35.7 Å². The fraction of sp³-hybridized carbons (Fsp3) is 0.471. The number of carbonyl (C=O) groups is 3. The average molecular weight is 354 g/mol. The molecule has 1 aromatic carbocycles. The first-order valence-electron chi connectivity index (χ1n) is 8.04. The summed E-state index contributed by atoms with van der Waals surface area (Å²) in [6.45, 7) is 0. The third-order valence-electron chi connectivity index (χ3n) is 4.88. The summed E-state index contributed by atoms with van der Waals surface area (Å²) in [5.74, 6) is -4.43. The molecule has 2 atom stereocenters. The van der Waals surface area contributed by atoms with Gasteiger partial charge >= 0.3 is 6.18 Å². The first-order chi connectivity index (χ1) is 11.7. The van der Waals surface area contributed by atoms with Crippen LogP contribution < -0.4 is 5.32 Å². The highest BCUT2D eigenvalue weighted by Crippen LogP contribution is 2.42. The lowest BCUT2D eigenvalue weighted by molar-refractivity contribution is -0.197. The number of hydrogen-bond acceptors (Lipinski definition) is 3. The van der Waals surface area contributed by atoms with Gasteiger partial charge in [-0.25, -0.2) is 0 Å². The lowest BCUT2D eigenvalue weighted by atomic mass is 9.78. The van der Waals surface area contributed by atoms with Crippen molar-refractivity contribution < 1.29 is 27.6 Å². The van der Waals surface area contributed by atoms with Crippen LogP contribution in [0.25, 0.3) is 0 Å². The fourth-order valence-corrected chi connectivity index (χ4v) is 3.51. The van der Waals surface area contributed by atoms with Crippen LogP contribution >= 0.6 is 0 Å². The molecule has 1 fully saturated rings. The van der Waals surface area contributed by atoms with E-state index in [2.05, 4.69) is 5.32 Å². The van der Waals surface area contributed by atoms with E-state index in [0.29, 0.717) is 12.8 Å². The van der Waals surface area contributed by atoms with Gasteiger partial charge in [0.2, 0.25) is 5.91 Å². The molecular formula is C17H17F3N2O3. The van der Waals surface area contributed by atoms with Crippen molar-refractivity contribution in [2.75, 3.05) is 12.4 Å². The standard InChI is InChI=1S/C17H17F3N2O3/c1-22-15(24)10-7-6-9(8-12(10)16(22)25)21-14(23)11-4-2-3-5-13(11)17(18,19)20/h6-8,11,13H,2-5H2,1H3,(H,21,23). The van der Waals surface area contributed by atoms with E-state index in [0.717, 1.165) is 4.90 Å². The van der Waals surface area contributed by atoms with Gasteiger partial charge in [0.25, 0.3) is 11.8 Å². The Bertz CT molecular complexity index is 745. The number of amides is 3. The normalized spacial score (nSPS) is 23.6. The second-order valence-electron chi connectivity index (χ2n) is 6.46. The Morgan fingerprint density at radius 1 is 1.12 bits per heavy atom. The Morgan fingerprint density at radius 3 is 2.44 bits per heavy atom. The summed E-state index contributed by atoms with van der Waals surface area (Å²) in [6, 6.07) is 4.16. The van der Waals surface area contributed by atoms with Crippen molar-refractivity contribution in [2.24, 2.45) is 11.8 Å². The van der Waals surface area contributed by atoms with Gasteiger partial charge in [-0.1, -0.05) is 12.8 Å². The highest BCUT2D eigenvalue weighted by atomic mass is 19.4. The summed E-state index contributed by atoms with van der Waals surface area (Å²) in [5.41, 5.74) is 0.573. The van der Waals surface area contributed by atoms with Crippen molar-refractivity contribution in [2.45, 2.75) is 31.9 Å². The molecule has 3 rings (SSSR count). The fourth-order valence-electron chi connectivity index (χ4n) is 3.51. The maximum atomic E-state index is 13.1. The Balaban J connectivity index is 1.80. The number of imide groups is 1. The lowest BCUT2D eigenvalue weighted by Gasteiger charge is -2.32. The average Bonchev–Trinajstić information content (AvgIpc) is 2.78. The van der Waals surface area contributed by atoms with Crippen molar-refractivity contribution >= 4 is 23.4 Å². The Labute approximate surface area is 142 Å². The molecule has 0 radical (unpaired) electrons. The van der Waals surface area contributed by atoms with Crippen molar-refractivity contribution in [1.29, 1.82) is 0 Å². The predicted octanol–water partition coefficient (Wildman–Crippen LogP) is 3.22. The molecule has 2 aliphatic rings. The molecule has 1 aliphatic carbocycles. The van der Waals surface area contributed by atoms with E-state index in [9.17, 15) is 27.6 Å². The zero-order valence-electron chi connectivity index (χ0n) is 13.5. The van der Waals surface area contributed by atoms with Crippen LogP contribution in [0.4, 0.5) is 18.9 Å². The second kappa shape index (κ2) is 6.16. The third kappa shape index (κ3) is 3.12. The summed E-state index contributed by atoms with van der Waals surface area (Å²) in [5, 5.41) is 2.47. The lowest BCUT2D eigenvalue weighted by Crippen LogP contribution is -2.39. The highest BCUT2D eigenvalue weighted by Gasteiger charge is 2.48. The zero-order valence-corrected chi connectivity index (χ0v) is 13.5. The molecular weight excluding hydrogens is 337 g/mol. The summed E-state index contributed by atoms with van der Waals surface area (Å²) >= 11 is 0. The van der Waals surface area contributed by atoms with Crippen LogP contribution in [0.3, 0.4) is 0 Å². The van der Waals surface area contributed by atoms with Crippen LogP contribution in [-0.2, 0) is 4.79 Å². The Morgan fingerprint density at radius 2 is 1.76 bits per heavy atom. The highest BCUT2D eigenvalue weighted by molar-refractivity contribution is 6.21. The minimum atomic E-state index is -4.41. The van der Waals surface area contributed by atoms with Crippen molar-refractivity contribution in [1.82, 2.24) is 4.90 Å². The van der Waals surface area contributed by atoms with Crippen LogP contribution in [0.5, 0.6) is 0 Å². The summed E-state index contributed by atoms with van der Waals surface area (Å²) in [7, 11) is 1.35. The molecule has 8 heteroatoms. The number of nitrogens with one attached hydrogen (secondary N) is 1. The number of fused-ring (bicyclic) bond motifs is 1. The zero-order chi connectivity index (χ0) is 18.4. The van der Waals surface area contributed by atoms with Gasteiger partial charge in [0, 0.05) is 18.7 Å². The van der Waals surface area contributed by atoms with Gasteiger partial charge in [0.05, 0.1) is 17.0 Å². The van der Waals surface area contributed by atoms with Gasteiger partial charge in [-0.05, 0) is 31.0 Å². The molecule has 3 amide bonds. The molecule has 2 unspecified atom stereocenters. The Kier molecular flexibility index (Phi) is 4.30. The summed E-state index contributed by atoms with van der Waals surface area (Å²) in [4.78, 5) is 37.1. The van der Waals surface area contributed by atoms with Gasteiger partial charge in [0.1, 0.15) is 0 Å². The quantitative estimate of drug-likeness (QED) is 0.830. The SMILES string of the molecule is CN1C(=O)c2ccc(NC(=O)C3CCCCC3C(F)(F)F)cc2C1=O. The molecule has 134 valence electrons. The largest absolute Gasteiger partial charge is 0.392 e. The van der Waals surface area contributed by atoms with Gasteiger partial charge in [-0.3, -0.25) is 19.3 Å². The number of halogens is 3. The molecule has 1 aromatic rings. The van der Waals surface area contributed by atoms with Crippen molar-refractivity contribution in [3.05, 3.63) is 29.3 Å². The van der Waals surface area contributed by atoms with Crippen molar-refractivity contribution in [3.63, 3.8) is 0 Å². The van der Waals surface area contributed by atoms with Crippen LogP contribution in [0, 0.1) is 11.8 Å². The summed E-state index contributed by atoms with van der Waals surface area (Å²) in [6.07, 6.45) is -3.25. The smallest absolute Gasteiger partial charge is 0.326 e. The molecule has 1 heterocycles. The van der Waals surface area contributed by atoms with Gasteiger partial charge in [0.15, 0.2) is 0 Å². The monoisotopic (exact) mass is 354 g/mol. The summed E-state index contributed by atoms with van der Waals surface area (Å²) < 4.78 is 39.4. The van der Waals surface area contributed by atoms with E-state index in [1.807, 2.05) is 0 Å². The van der Waals surface area contributed by atoms with Crippen LogP contribution in [0.2, 0.25) is 0 Å². The molecule has 25 heavy (non-hydrogen) atoms. The predicted molar refractivity (Wildman–Crippen MR) is 83.0 cm³/mol. The number of carbonyl (C=O) groups excluding carboxylic acids is 3. The van der Waals surface area contributed by atoms with E-state index >= 15 is 0 Å². The molecule has 0 aromatic heterocycles. The van der Waals surface area contributed by atoms with Gasteiger partial charge in [-0.15, -0.1) is 0 Å². The van der Waals surface area contributed by atoms with Gasteiger partial charge in [-0.2, -0.15) is 13.2 Å². The molecule has 0 bridgehead atoms. The Hall–Kier alpha value is -2.38. The third-order valence-corrected chi connectivity index (χ3v) is 4.88. The number of alkyl halides is 3. The second-order valence-corrected chi connectivity index (χ2v) is 6.46. The molecule has 0 saturated heterocycles. The molecule has 1 saturated carbocycles. The molecule has 0 spiro atoms. The molecule has 1 N–H and O–H groups in total. The van der Waals surface area contributed by atoms with Crippen LogP contribution in [-0.4, -0.2) is 35.8 Å². The number of benzene rings is 1. The van der Waals surface area contributed by atoms with Crippen LogP contribution in [0.1, 0.15) is 46.4 Å². The van der Waals surface area contributed by atoms with Crippen molar-refractivity contribution in [3.8, 4) is 0 Å². The van der Waals surface area contributed by atoms with E-state index in [4.69, 9.17) is 0 Å². The maximum absolute atomic E-state index is 13.1. The molecule has 1 aliphatic heterocycles. The van der Waals surface area contributed by atoms with E-state index in [-0.39, 0.29) is 29.7 Å². The minimum absolute atomic E-state index is 0.0520. The van der Waals surface area contributed by atoms with Crippen LogP contribution in [0.15, 0.2) is 18.2 Å². The first-order valence-corrected chi connectivity index (χ1v) is 8.04. The van der Waals surface area contributed by atoms with E-state index in [1.54, 1.807) is 0 Å². The number of rotatable bonds is 2. The van der Waals surface area contributed by atoms with E-state index in [1.165, 1.54) is 25.2 Å². The molecule has 5 nitrogen and oxygen atoms in total. The maximum Gasteiger partial charge on any atom is 0.392 e. The number of hydrogen-bond donors (Lipinski definition) is 1. The number of anilines is 1. The van der Waals surface area contributed by atoms with Gasteiger partial charge < -0.3 is 5.32 Å².